The number of nitrogens with one attached hydrogen (secondary N) is 2. The highest BCUT2D eigenvalue weighted by Crippen LogP contribution is 2.07. The van der Waals surface area contributed by atoms with E-state index in [9.17, 15) is 9.59 Å². The molecular formula is C9H16N2O2S2. The molecule has 0 atom stereocenters. The van der Waals surface area contributed by atoms with E-state index in [1.807, 2.05) is 0 Å². The summed E-state index contributed by atoms with van der Waals surface area (Å²) in [5, 5.41) is 5.52. The van der Waals surface area contributed by atoms with Gasteiger partial charge >= 0.3 is 0 Å². The molecule has 4 nitrogen and oxygen atoms in total. The lowest BCUT2D eigenvalue weighted by Gasteiger charge is -2.05. The fourth-order valence-electron chi connectivity index (χ4n) is 1.10. The van der Waals surface area contributed by atoms with Crippen LogP contribution >= 0.6 is 23.5 Å². The summed E-state index contributed by atoms with van der Waals surface area (Å²) in [7, 11) is 0. The first-order valence-electron chi connectivity index (χ1n) is 4.98. The maximum absolute atomic E-state index is 11.2. The van der Waals surface area contributed by atoms with E-state index in [1.54, 1.807) is 23.5 Å². The third-order valence-corrected chi connectivity index (χ3v) is 3.90. The third-order valence-electron chi connectivity index (χ3n) is 1.81. The van der Waals surface area contributed by atoms with E-state index in [-0.39, 0.29) is 11.8 Å². The van der Waals surface area contributed by atoms with Crippen molar-refractivity contribution < 1.29 is 9.59 Å². The van der Waals surface area contributed by atoms with Gasteiger partial charge in [-0.3, -0.25) is 9.59 Å². The summed E-state index contributed by atoms with van der Waals surface area (Å²) in [5.41, 5.74) is 0. The first kappa shape index (κ1) is 12.7. The number of thioether (sulfide) groups is 2. The summed E-state index contributed by atoms with van der Waals surface area (Å²) in [5.74, 6) is 3.14. The van der Waals surface area contributed by atoms with E-state index in [4.69, 9.17) is 0 Å². The van der Waals surface area contributed by atoms with Crippen LogP contribution in [0.5, 0.6) is 0 Å². The molecule has 15 heavy (non-hydrogen) atoms. The summed E-state index contributed by atoms with van der Waals surface area (Å²) in [6.07, 6.45) is 1.05. The molecule has 0 radical (unpaired) electrons. The lowest BCUT2D eigenvalue weighted by molar-refractivity contribution is -0.120. The zero-order valence-corrected chi connectivity index (χ0v) is 10.2. The highest BCUT2D eigenvalue weighted by molar-refractivity contribution is 8.00. The average molecular weight is 248 g/mol. The molecule has 0 aromatic heterocycles. The number of amides is 2. The first-order valence-corrected chi connectivity index (χ1v) is 7.29. The fourth-order valence-corrected chi connectivity index (χ4v) is 2.84. The van der Waals surface area contributed by atoms with E-state index in [0.29, 0.717) is 24.6 Å². The molecule has 0 aromatic rings. The van der Waals surface area contributed by atoms with Gasteiger partial charge in [-0.25, -0.2) is 0 Å². The molecule has 6 heteroatoms. The molecule has 1 saturated heterocycles. The lowest BCUT2D eigenvalue weighted by Crippen LogP contribution is -2.36. The molecule has 2 amide bonds. The Hall–Kier alpha value is -0.360. The van der Waals surface area contributed by atoms with Crippen molar-refractivity contribution in [3.8, 4) is 0 Å². The van der Waals surface area contributed by atoms with Crippen LogP contribution in [0.1, 0.15) is 6.42 Å². The second-order valence-electron chi connectivity index (χ2n) is 3.16. The Labute approximate surface area is 98.3 Å². The smallest absolute Gasteiger partial charge is 0.230 e. The van der Waals surface area contributed by atoms with Crippen LogP contribution in [0.2, 0.25) is 0 Å². The van der Waals surface area contributed by atoms with Gasteiger partial charge in [-0.15, -0.1) is 0 Å². The molecular weight excluding hydrogens is 232 g/mol. The van der Waals surface area contributed by atoms with E-state index < -0.39 is 0 Å². The molecule has 1 aliphatic heterocycles. The molecule has 86 valence electrons. The minimum Gasteiger partial charge on any atom is -0.354 e. The Balaban J connectivity index is 2.27. The van der Waals surface area contributed by atoms with Gasteiger partial charge in [-0.1, -0.05) is 0 Å². The Bertz CT molecular complexity index is 202. The van der Waals surface area contributed by atoms with E-state index in [2.05, 4.69) is 10.6 Å². The quantitative estimate of drug-likeness (QED) is 0.638. The van der Waals surface area contributed by atoms with Crippen molar-refractivity contribution in [1.82, 2.24) is 10.6 Å². The van der Waals surface area contributed by atoms with Crippen molar-refractivity contribution in [2.45, 2.75) is 6.42 Å². The van der Waals surface area contributed by atoms with Crippen LogP contribution < -0.4 is 10.6 Å². The van der Waals surface area contributed by atoms with Crippen molar-refractivity contribution in [1.29, 1.82) is 0 Å². The van der Waals surface area contributed by atoms with Gasteiger partial charge in [0.2, 0.25) is 11.8 Å². The average Bonchev–Trinajstić information content (AvgIpc) is 2.23. The van der Waals surface area contributed by atoms with Crippen molar-refractivity contribution in [2.75, 3.05) is 36.1 Å². The van der Waals surface area contributed by atoms with Crippen LogP contribution in [0, 0.1) is 0 Å². The minimum atomic E-state index is 0.0566. The van der Waals surface area contributed by atoms with Gasteiger partial charge in [0.15, 0.2) is 0 Å². The van der Waals surface area contributed by atoms with Crippen LogP contribution in [-0.2, 0) is 9.59 Å². The molecule has 1 heterocycles. The highest BCUT2D eigenvalue weighted by Gasteiger charge is 2.04. The topological polar surface area (TPSA) is 58.2 Å². The predicted molar refractivity (Wildman–Crippen MR) is 65.3 cm³/mol. The van der Waals surface area contributed by atoms with Crippen LogP contribution in [0.3, 0.4) is 0 Å². The Morgan fingerprint density at radius 1 is 0.867 bits per heavy atom. The molecule has 0 saturated carbocycles. The number of hydrogen-bond acceptors (Lipinski definition) is 4. The van der Waals surface area contributed by atoms with Gasteiger partial charge in [0.25, 0.3) is 0 Å². The van der Waals surface area contributed by atoms with Crippen molar-refractivity contribution in [2.24, 2.45) is 0 Å². The van der Waals surface area contributed by atoms with Gasteiger partial charge in [0.05, 0.1) is 11.5 Å². The molecule has 0 aliphatic carbocycles. The number of rotatable bonds is 0. The number of hydrogen-bond donors (Lipinski definition) is 2. The predicted octanol–water partition coefficient (Wildman–Crippen LogP) is 0.0889. The Morgan fingerprint density at radius 2 is 1.33 bits per heavy atom. The van der Waals surface area contributed by atoms with Crippen molar-refractivity contribution in [3.63, 3.8) is 0 Å². The zero-order valence-electron chi connectivity index (χ0n) is 8.58. The zero-order chi connectivity index (χ0) is 10.9. The largest absolute Gasteiger partial charge is 0.354 e. The second kappa shape index (κ2) is 7.87. The fraction of sp³-hybridized carbons (Fsp3) is 0.778. The van der Waals surface area contributed by atoms with Crippen molar-refractivity contribution in [3.05, 3.63) is 0 Å². The van der Waals surface area contributed by atoms with Crippen molar-refractivity contribution >= 4 is 35.3 Å². The summed E-state index contributed by atoms with van der Waals surface area (Å²) in [4.78, 5) is 22.4. The summed E-state index contributed by atoms with van der Waals surface area (Å²) < 4.78 is 0. The molecule has 1 aliphatic rings. The molecule has 0 bridgehead atoms. The normalized spacial score (nSPS) is 21.6. The van der Waals surface area contributed by atoms with Crippen LogP contribution in [0.4, 0.5) is 0 Å². The molecule has 1 rings (SSSR count). The lowest BCUT2D eigenvalue weighted by atomic mass is 10.5. The summed E-state index contributed by atoms with van der Waals surface area (Å²) >= 11 is 3.31. The first-order chi connectivity index (χ1) is 7.29. The Kier molecular flexibility index (Phi) is 6.67. The Morgan fingerprint density at radius 3 is 1.80 bits per heavy atom. The van der Waals surface area contributed by atoms with Gasteiger partial charge in [-0.2, -0.15) is 23.5 Å². The van der Waals surface area contributed by atoms with Gasteiger partial charge < -0.3 is 10.6 Å². The second-order valence-corrected chi connectivity index (χ2v) is 5.37. The standard InChI is InChI=1S/C9H16N2O2S2/c12-8-6-14-4-1-5-15-7-9(13)11-3-2-10-8/h1-7H2,(H,10,12)(H,11,13). The third kappa shape index (κ3) is 6.67. The van der Waals surface area contributed by atoms with Gasteiger partial charge in [0.1, 0.15) is 0 Å². The van der Waals surface area contributed by atoms with E-state index in [0.717, 1.165) is 17.9 Å². The number of carbonyl (C=O) groups excluding carboxylic acids is 2. The van der Waals surface area contributed by atoms with E-state index >= 15 is 0 Å². The molecule has 0 aromatic carbocycles. The van der Waals surface area contributed by atoms with Crippen LogP contribution in [0.15, 0.2) is 0 Å². The molecule has 0 spiro atoms. The highest BCUT2D eigenvalue weighted by atomic mass is 32.2. The molecule has 2 N–H and O–H groups in total. The monoisotopic (exact) mass is 248 g/mol. The van der Waals surface area contributed by atoms with Gasteiger partial charge in [-0.05, 0) is 17.9 Å². The number of carbonyl (C=O) groups is 2. The maximum atomic E-state index is 11.2. The van der Waals surface area contributed by atoms with Gasteiger partial charge in [0, 0.05) is 13.1 Å². The summed E-state index contributed by atoms with van der Waals surface area (Å²) in [6.45, 7) is 1.05. The SMILES string of the molecule is O=C1CSCCCSCC(=O)NCCN1. The minimum absolute atomic E-state index is 0.0566. The molecule has 0 unspecified atom stereocenters. The summed E-state index contributed by atoms with van der Waals surface area (Å²) in [6, 6.07) is 0. The molecule has 1 fully saturated rings. The van der Waals surface area contributed by atoms with Crippen LogP contribution in [-0.4, -0.2) is 47.9 Å². The van der Waals surface area contributed by atoms with E-state index in [1.165, 1.54) is 0 Å². The van der Waals surface area contributed by atoms with Crippen LogP contribution in [0.25, 0.3) is 0 Å². The maximum Gasteiger partial charge on any atom is 0.230 e.